The third-order valence-electron chi connectivity index (χ3n) is 0.979. The number of hydrogen-bond acceptors (Lipinski definition) is 2. The number of alkyl halides is 1. The Morgan fingerprint density at radius 3 is 2.90 bits per heavy atom. The van der Waals surface area contributed by atoms with Crippen molar-refractivity contribution in [3.63, 3.8) is 0 Å². The molecule has 0 fully saturated rings. The second-order valence-electron chi connectivity index (χ2n) is 1.71. The average molecular weight is 240 g/mol. The minimum atomic E-state index is -0.490. The molecule has 0 aliphatic carbocycles. The number of carbonyl (C=O) groups is 1. The van der Waals surface area contributed by atoms with E-state index in [4.69, 9.17) is 11.6 Å². The fourth-order valence-electron chi connectivity index (χ4n) is 0.540. The second kappa shape index (κ2) is 3.51. The van der Waals surface area contributed by atoms with Crippen molar-refractivity contribution in [2.24, 2.45) is 0 Å². The standard InChI is InChI=1S/C6H4BrClOS/c7-4-1-6(10-3-4)5(8)2-9/h1-3,5H. The topological polar surface area (TPSA) is 17.1 Å². The monoisotopic (exact) mass is 238 g/mol. The van der Waals surface area contributed by atoms with Gasteiger partial charge in [-0.1, -0.05) is 0 Å². The molecule has 1 unspecified atom stereocenters. The van der Waals surface area contributed by atoms with Gasteiger partial charge in [-0.05, 0) is 22.0 Å². The van der Waals surface area contributed by atoms with Gasteiger partial charge in [-0.2, -0.15) is 0 Å². The molecule has 1 rings (SSSR count). The van der Waals surface area contributed by atoms with Crippen molar-refractivity contribution in [2.45, 2.75) is 5.38 Å². The minimum Gasteiger partial charge on any atom is -0.301 e. The minimum absolute atomic E-state index is 0.490. The highest BCUT2D eigenvalue weighted by Crippen LogP contribution is 2.27. The molecule has 4 heteroatoms. The van der Waals surface area contributed by atoms with E-state index in [9.17, 15) is 4.79 Å². The molecule has 0 saturated heterocycles. The molecule has 0 N–H and O–H groups in total. The Hall–Kier alpha value is 0.140. The molecule has 0 aromatic carbocycles. The number of aldehydes is 1. The van der Waals surface area contributed by atoms with Gasteiger partial charge < -0.3 is 4.79 Å². The summed E-state index contributed by atoms with van der Waals surface area (Å²) in [5, 5.41) is 1.41. The molecule has 1 heterocycles. The SMILES string of the molecule is O=CC(Cl)c1cc(Br)cs1. The molecule has 1 nitrogen and oxygen atoms in total. The van der Waals surface area contributed by atoms with Crippen molar-refractivity contribution in [3.05, 3.63) is 20.8 Å². The lowest BCUT2D eigenvalue weighted by Crippen LogP contribution is -1.84. The summed E-state index contributed by atoms with van der Waals surface area (Å²) in [6.45, 7) is 0. The van der Waals surface area contributed by atoms with Crippen molar-refractivity contribution < 1.29 is 4.79 Å². The first-order valence-corrected chi connectivity index (χ1v) is 4.68. The van der Waals surface area contributed by atoms with Gasteiger partial charge in [0, 0.05) is 14.7 Å². The lowest BCUT2D eigenvalue weighted by atomic mass is 10.4. The van der Waals surface area contributed by atoms with E-state index in [1.807, 2.05) is 11.4 Å². The quantitative estimate of drug-likeness (QED) is 0.573. The Labute approximate surface area is 76.1 Å². The molecule has 1 aromatic rings. The van der Waals surface area contributed by atoms with Crippen LogP contribution in [0.4, 0.5) is 0 Å². The lowest BCUT2D eigenvalue weighted by Gasteiger charge is -1.92. The summed E-state index contributed by atoms with van der Waals surface area (Å²) in [6.07, 6.45) is 0.722. The van der Waals surface area contributed by atoms with Gasteiger partial charge in [-0.15, -0.1) is 22.9 Å². The molecule has 1 atom stereocenters. The summed E-state index contributed by atoms with van der Waals surface area (Å²) in [4.78, 5) is 11.1. The van der Waals surface area contributed by atoms with Gasteiger partial charge in [0.05, 0.1) is 0 Å². The van der Waals surface area contributed by atoms with Crippen molar-refractivity contribution >= 4 is 45.2 Å². The zero-order valence-corrected chi connectivity index (χ0v) is 8.04. The van der Waals surface area contributed by atoms with E-state index in [-0.39, 0.29) is 0 Å². The summed E-state index contributed by atoms with van der Waals surface area (Å²) in [7, 11) is 0. The normalized spacial score (nSPS) is 13.0. The fourth-order valence-corrected chi connectivity index (χ4v) is 2.13. The van der Waals surface area contributed by atoms with Crippen LogP contribution in [0.5, 0.6) is 0 Å². The third kappa shape index (κ3) is 1.81. The van der Waals surface area contributed by atoms with E-state index in [1.54, 1.807) is 0 Å². The van der Waals surface area contributed by atoms with Gasteiger partial charge in [0.2, 0.25) is 0 Å². The zero-order valence-electron chi connectivity index (χ0n) is 4.88. The van der Waals surface area contributed by atoms with Crippen molar-refractivity contribution in [3.8, 4) is 0 Å². The molecular weight excluding hydrogens is 235 g/mol. The summed E-state index contributed by atoms with van der Waals surface area (Å²) in [5.41, 5.74) is 0. The number of halogens is 2. The van der Waals surface area contributed by atoms with E-state index in [0.29, 0.717) is 0 Å². The molecule has 54 valence electrons. The Balaban J connectivity index is 2.84. The smallest absolute Gasteiger partial charge is 0.143 e. The van der Waals surface area contributed by atoms with Crippen LogP contribution in [0.25, 0.3) is 0 Å². The second-order valence-corrected chi connectivity index (χ2v) is 4.03. The van der Waals surface area contributed by atoms with Crippen LogP contribution in [-0.4, -0.2) is 6.29 Å². The summed E-state index contributed by atoms with van der Waals surface area (Å²) in [5.74, 6) is 0. The largest absolute Gasteiger partial charge is 0.301 e. The average Bonchev–Trinajstić information content (AvgIpc) is 2.34. The van der Waals surface area contributed by atoms with Crippen LogP contribution < -0.4 is 0 Å². The summed E-state index contributed by atoms with van der Waals surface area (Å²) >= 11 is 10.4. The van der Waals surface area contributed by atoms with Crippen molar-refractivity contribution in [2.75, 3.05) is 0 Å². The molecule has 0 radical (unpaired) electrons. The highest BCUT2D eigenvalue weighted by molar-refractivity contribution is 9.10. The van der Waals surface area contributed by atoms with Crippen LogP contribution in [0, 0.1) is 0 Å². The maximum Gasteiger partial charge on any atom is 0.143 e. The van der Waals surface area contributed by atoms with Crippen LogP contribution >= 0.6 is 38.9 Å². The number of hydrogen-bond donors (Lipinski definition) is 0. The van der Waals surface area contributed by atoms with Gasteiger partial charge in [-0.3, -0.25) is 0 Å². The van der Waals surface area contributed by atoms with E-state index in [0.717, 1.165) is 15.6 Å². The van der Waals surface area contributed by atoms with Crippen LogP contribution in [0.3, 0.4) is 0 Å². The third-order valence-corrected chi connectivity index (χ3v) is 3.22. The van der Waals surface area contributed by atoms with Gasteiger partial charge >= 0.3 is 0 Å². The number of rotatable bonds is 2. The van der Waals surface area contributed by atoms with E-state index in [2.05, 4.69) is 15.9 Å². The van der Waals surface area contributed by atoms with E-state index < -0.39 is 5.38 Å². The van der Waals surface area contributed by atoms with Crippen LogP contribution in [0.15, 0.2) is 15.9 Å². The number of carbonyl (C=O) groups excluding carboxylic acids is 1. The highest BCUT2D eigenvalue weighted by atomic mass is 79.9. The molecule has 0 amide bonds. The van der Waals surface area contributed by atoms with E-state index in [1.165, 1.54) is 11.3 Å². The maximum atomic E-state index is 10.2. The predicted molar refractivity (Wildman–Crippen MR) is 46.7 cm³/mol. The van der Waals surface area contributed by atoms with Gasteiger partial charge in [0.15, 0.2) is 0 Å². The highest BCUT2D eigenvalue weighted by Gasteiger charge is 2.07. The molecule has 10 heavy (non-hydrogen) atoms. The molecule has 0 aliphatic heterocycles. The Morgan fingerprint density at radius 2 is 2.50 bits per heavy atom. The van der Waals surface area contributed by atoms with Crippen molar-refractivity contribution in [1.29, 1.82) is 0 Å². The lowest BCUT2D eigenvalue weighted by molar-refractivity contribution is -0.107. The summed E-state index contributed by atoms with van der Waals surface area (Å²) < 4.78 is 0.972. The van der Waals surface area contributed by atoms with Gasteiger partial charge in [0.25, 0.3) is 0 Å². The molecule has 1 aromatic heterocycles. The molecular formula is C6H4BrClOS. The molecule has 0 saturated carbocycles. The Bertz CT molecular complexity index is 235. The first-order chi connectivity index (χ1) is 4.74. The van der Waals surface area contributed by atoms with Crippen LogP contribution in [0.1, 0.15) is 10.3 Å². The molecule has 0 aliphatic rings. The molecule has 0 bridgehead atoms. The predicted octanol–water partition coefficient (Wildman–Crippen LogP) is 2.99. The van der Waals surface area contributed by atoms with Crippen molar-refractivity contribution in [1.82, 2.24) is 0 Å². The summed E-state index contributed by atoms with van der Waals surface area (Å²) in [6, 6.07) is 1.84. The Morgan fingerprint density at radius 1 is 1.80 bits per heavy atom. The number of thiophene rings is 1. The van der Waals surface area contributed by atoms with E-state index >= 15 is 0 Å². The first kappa shape index (κ1) is 8.24. The van der Waals surface area contributed by atoms with Crippen LogP contribution in [0.2, 0.25) is 0 Å². The Kier molecular flexibility index (Phi) is 2.89. The fraction of sp³-hybridized carbons (Fsp3) is 0.167. The van der Waals surface area contributed by atoms with Gasteiger partial charge in [-0.25, -0.2) is 0 Å². The zero-order chi connectivity index (χ0) is 7.56. The molecule has 0 spiro atoms. The van der Waals surface area contributed by atoms with Crippen LogP contribution in [-0.2, 0) is 4.79 Å². The van der Waals surface area contributed by atoms with Gasteiger partial charge in [0.1, 0.15) is 11.7 Å². The maximum absolute atomic E-state index is 10.2. The first-order valence-electron chi connectivity index (χ1n) is 2.57.